The zero-order chi connectivity index (χ0) is 18.4. The molecule has 0 aliphatic rings. The van der Waals surface area contributed by atoms with Gasteiger partial charge in [-0.25, -0.2) is 0 Å². The van der Waals surface area contributed by atoms with Gasteiger partial charge in [-0.2, -0.15) is 0 Å². The van der Waals surface area contributed by atoms with Crippen LogP contribution in [0.5, 0.6) is 0 Å². The van der Waals surface area contributed by atoms with E-state index in [0.717, 1.165) is 34.4 Å². The smallest absolute Gasteiger partial charge is 0.255 e. The molecule has 0 unspecified atom stereocenters. The number of rotatable bonds is 3. The first kappa shape index (κ1) is 17.5. The molecule has 2 nitrogen and oxygen atoms in total. The van der Waals surface area contributed by atoms with Crippen molar-refractivity contribution in [3.8, 4) is 11.8 Å². The van der Waals surface area contributed by atoms with E-state index in [4.69, 9.17) is 0 Å². The van der Waals surface area contributed by atoms with Crippen molar-refractivity contribution in [2.45, 2.75) is 20.3 Å². The molecule has 2 heteroatoms. The van der Waals surface area contributed by atoms with Crippen LogP contribution >= 0.6 is 0 Å². The van der Waals surface area contributed by atoms with Crippen LogP contribution in [0.4, 0.5) is 5.69 Å². The third-order valence-corrected chi connectivity index (χ3v) is 4.25. The first-order valence-electron chi connectivity index (χ1n) is 8.74. The average molecular weight is 339 g/mol. The van der Waals surface area contributed by atoms with Gasteiger partial charge < -0.3 is 5.32 Å². The molecule has 0 aliphatic heterocycles. The molecule has 26 heavy (non-hydrogen) atoms. The molecule has 3 rings (SSSR count). The monoisotopic (exact) mass is 339 g/mol. The van der Waals surface area contributed by atoms with Crippen molar-refractivity contribution in [1.82, 2.24) is 0 Å². The van der Waals surface area contributed by atoms with Gasteiger partial charge >= 0.3 is 0 Å². The topological polar surface area (TPSA) is 29.1 Å². The number of para-hydroxylation sites is 1. The van der Waals surface area contributed by atoms with Crippen molar-refractivity contribution in [3.63, 3.8) is 0 Å². The second-order valence-corrected chi connectivity index (χ2v) is 6.11. The highest BCUT2D eigenvalue weighted by Gasteiger charge is 2.10. The van der Waals surface area contributed by atoms with E-state index in [1.165, 1.54) is 0 Å². The Morgan fingerprint density at radius 1 is 0.846 bits per heavy atom. The predicted octanol–water partition coefficient (Wildman–Crippen LogP) is 5.21. The fourth-order valence-electron chi connectivity index (χ4n) is 2.76. The van der Waals surface area contributed by atoms with E-state index in [2.05, 4.69) is 24.1 Å². The molecule has 1 amide bonds. The van der Waals surface area contributed by atoms with Gasteiger partial charge in [-0.05, 0) is 60.9 Å². The first-order valence-corrected chi connectivity index (χ1v) is 8.74. The third-order valence-electron chi connectivity index (χ3n) is 4.25. The van der Waals surface area contributed by atoms with Crippen LogP contribution in [0, 0.1) is 18.8 Å². The van der Waals surface area contributed by atoms with E-state index in [0.29, 0.717) is 5.56 Å². The maximum atomic E-state index is 12.6. The van der Waals surface area contributed by atoms with Crippen molar-refractivity contribution in [3.05, 3.63) is 101 Å². The minimum absolute atomic E-state index is 0.100. The molecule has 0 saturated heterocycles. The molecule has 0 aliphatic carbocycles. The summed E-state index contributed by atoms with van der Waals surface area (Å²) in [6, 6.07) is 23.3. The number of carbonyl (C=O) groups is 1. The summed E-state index contributed by atoms with van der Waals surface area (Å²) in [5.41, 5.74) is 5.61. The summed E-state index contributed by atoms with van der Waals surface area (Å²) in [5, 5.41) is 3.05. The number of amides is 1. The Bertz CT molecular complexity index is 961. The molecular weight excluding hydrogens is 318 g/mol. The molecule has 1 N–H and O–H groups in total. The fourth-order valence-corrected chi connectivity index (χ4v) is 2.76. The molecule has 0 fully saturated rings. The Morgan fingerprint density at radius 3 is 2.15 bits per heavy atom. The maximum absolute atomic E-state index is 12.6. The zero-order valence-corrected chi connectivity index (χ0v) is 15.0. The van der Waals surface area contributed by atoms with Gasteiger partial charge in [0.1, 0.15) is 0 Å². The minimum Gasteiger partial charge on any atom is -0.321 e. The lowest BCUT2D eigenvalue weighted by Gasteiger charge is -2.13. The van der Waals surface area contributed by atoms with E-state index >= 15 is 0 Å². The van der Waals surface area contributed by atoms with Crippen molar-refractivity contribution in [1.29, 1.82) is 0 Å². The van der Waals surface area contributed by atoms with Crippen LogP contribution in [-0.2, 0) is 6.42 Å². The van der Waals surface area contributed by atoms with Crippen LogP contribution in [0.1, 0.15) is 39.5 Å². The molecule has 128 valence electrons. The Morgan fingerprint density at radius 2 is 1.50 bits per heavy atom. The minimum atomic E-state index is -0.100. The van der Waals surface area contributed by atoms with E-state index in [9.17, 15) is 4.79 Å². The van der Waals surface area contributed by atoms with Crippen molar-refractivity contribution in [2.75, 3.05) is 5.32 Å². The van der Waals surface area contributed by atoms with Crippen molar-refractivity contribution < 1.29 is 4.79 Å². The second kappa shape index (κ2) is 8.18. The summed E-state index contributed by atoms with van der Waals surface area (Å²) in [5.74, 6) is 6.14. The summed E-state index contributed by atoms with van der Waals surface area (Å²) < 4.78 is 0. The summed E-state index contributed by atoms with van der Waals surface area (Å²) >= 11 is 0. The highest BCUT2D eigenvalue weighted by molar-refractivity contribution is 6.05. The summed E-state index contributed by atoms with van der Waals surface area (Å²) in [6.45, 7) is 4.10. The van der Waals surface area contributed by atoms with E-state index in [-0.39, 0.29) is 5.91 Å². The van der Waals surface area contributed by atoms with Gasteiger partial charge in [-0.1, -0.05) is 55.2 Å². The van der Waals surface area contributed by atoms with Crippen molar-refractivity contribution >= 4 is 11.6 Å². The summed E-state index contributed by atoms with van der Waals surface area (Å²) in [7, 11) is 0. The lowest BCUT2D eigenvalue weighted by Crippen LogP contribution is -2.14. The number of hydrogen-bond acceptors (Lipinski definition) is 1. The number of nitrogens with one attached hydrogen (secondary N) is 1. The Kier molecular flexibility index (Phi) is 5.51. The van der Waals surface area contributed by atoms with Crippen LogP contribution in [0.3, 0.4) is 0 Å². The Balaban J connectivity index is 1.75. The normalized spacial score (nSPS) is 9.92. The summed E-state index contributed by atoms with van der Waals surface area (Å²) in [4.78, 5) is 12.6. The molecule has 0 spiro atoms. The summed E-state index contributed by atoms with van der Waals surface area (Å²) in [6.07, 6.45) is 0.880. The average Bonchev–Trinajstić information content (AvgIpc) is 2.69. The highest BCUT2D eigenvalue weighted by atomic mass is 16.1. The van der Waals surface area contributed by atoms with Gasteiger partial charge in [0.25, 0.3) is 5.91 Å². The molecule has 3 aromatic carbocycles. The van der Waals surface area contributed by atoms with E-state index < -0.39 is 0 Å². The molecule has 0 aromatic heterocycles. The molecule has 0 atom stereocenters. The largest absolute Gasteiger partial charge is 0.321 e. The first-order chi connectivity index (χ1) is 12.7. The lowest BCUT2D eigenvalue weighted by molar-refractivity contribution is 0.102. The molecule has 0 radical (unpaired) electrons. The predicted molar refractivity (Wildman–Crippen MR) is 107 cm³/mol. The van der Waals surface area contributed by atoms with Crippen LogP contribution in [0.25, 0.3) is 0 Å². The second-order valence-electron chi connectivity index (χ2n) is 6.11. The lowest BCUT2D eigenvalue weighted by atomic mass is 10.0. The standard InChI is InChI=1S/C24H21NO/c1-3-21-11-7-8-18(2)23(21)25-24(26)22-16-14-20(15-17-22)13-12-19-9-5-4-6-10-19/h4-11,14-17H,3H2,1-2H3,(H,25,26). The molecule has 0 saturated carbocycles. The van der Waals surface area contributed by atoms with Gasteiger partial charge in [0, 0.05) is 22.4 Å². The number of aryl methyl sites for hydroxylation is 2. The van der Waals surface area contributed by atoms with Crippen LogP contribution < -0.4 is 5.32 Å². The van der Waals surface area contributed by atoms with Gasteiger partial charge in [-0.15, -0.1) is 0 Å². The van der Waals surface area contributed by atoms with Gasteiger partial charge in [0.2, 0.25) is 0 Å². The molecular formula is C24H21NO. The fraction of sp³-hybridized carbons (Fsp3) is 0.125. The van der Waals surface area contributed by atoms with E-state index in [1.807, 2.05) is 79.7 Å². The van der Waals surface area contributed by atoms with E-state index in [1.54, 1.807) is 0 Å². The van der Waals surface area contributed by atoms with Crippen LogP contribution in [0.15, 0.2) is 72.8 Å². The molecule has 0 heterocycles. The maximum Gasteiger partial charge on any atom is 0.255 e. The zero-order valence-electron chi connectivity index (χ0n) is 15.0. The van der Waals surface area contributed by atoms with Gasteiger partial charge in [0.05, 0.1) is 0 Å². The van der Waals surface area contributed by atoms with Crippen LogP contribution in [-0.4, -0.2) is 5.91 Å². The van der Waals surface area contributed by atoms with Crippen molar-refractivity contribution in [2.24, 2.45) is 0 Å². The Hall–Kier alpha value is -3.31. The molecule has 0 bridgehead atoms. The number of anilines is 1. The Labute approximate surface area is 154 Å². The SMILES string of the molecule is CCc1cccc(C)c1NC(=O)c1ccc(C#Cc2ccccc2)cc1. The number of carbonyl (C=O) groups excluding carboxylic acids is 1. The van der Waals surface area contributed by atoms with Crippen LogP contribution in [0.2, 0.25) is 0 Å². The molecule has 3 aromatic rings. The number of benzene rings is 3. The van der Waals surface area contributed by atoms with Gasteiger partial charge in [0.15, 0.2) is 0 Å². The third kappa shape index (κ3) is 4.20. The highest BCUT2D eigenvalue weighted by Crippen LogP contribution is 2.22. The van der Waals surface area contributed by atoms with Gasteiger partial charge in [-0.3, -0.25) is 4.79 Å². The number of hydrogen-bond donors (Lipinski definition) is 1. The quantitative estimate of drug-likeness (QED) is 0.652.